The first-order valence-corrected chi connectivity index (χ1v) is 6.60. The molecule has 1 atom stereocenters. The molecular formula is C15H23NO3. The summed E-state index contributed by atoms with van der Waals surface area (Å²) in [7, 11) is 1.75. The van der Waals surface area contributed by atoms with Gasteiger partial charge in [-0.05, 0) is 32.4 Å². The lowest BCUT2D eigenvalue weighted by molar-refractivity contribution is -0.130. The second kappa shape index (κ2) is 7.79. The molecule has 0 aliphatic carbocycles. The Morgan fingerprint density at radius 2 is 2.00 bits per heavy atom. The molecule has 0 aliphatic heterocycles. The van der Waals surface area contributed by atoms with Gasteiger partial charge in [-0.3, -0.25) is 4.79 Å². The van der Waals surface area contributed by atoms with Crippen LogP contribution < -0.4 is 4.74 Å². The van der Waals surface area contributed by atoms with E-state index in [1.165, 1.54) is 5.56 Å². The standard InChI is InChI=1S/C15H23NO3/c1-12-4-6-14(7-5-12)19-11-9-15(18)16(3)10-8-13(2)17/h4-7,13,17H,8-11H2,1-3H3. The number of amides is 1. The minimum absolute atomic E-state index is 0.0350. The van der Waals surface area contributed by atoms with E-state index in [1.54, 1.807) is 18.9 Å². The summed E-state index contributed by atoms with van der Waals surface area (Å²) in [5.41, 5.74) is 1.18. The van der Waals surface area contributed by atoms with Gasteiger partial charge < -0.3 is 14.7 Å². The van der Waals surface area contributed by atoms with Crippen LogP contribution >= 0.6 is 0 Å². The lowest BCUT2D eigenvalue weighted by atomic mass is 10.2. The van der Waals surface area contributed by atoms with E-state index in [9.17, 15) is 4.79 Å². The fourth-order valence-electron chi connectivity index (χ4n) is 1.59. The van der Waals surface area contributed by atoms with Gasteiger partial charge in [0.15, 0.2) is 0 Å². The van der Waals surface area contributed by atoms with Crippen LogP contribution in [0.4, 0.5) is 0 Å². The largest absolute Gasteiger partial charge is 0.493 e. The fourth-order valence-corrected chi connectivity index (χ4v) is 1.59. The van der Waals surface area contributed by atoms with Crippen molar-refractivity contribution in [1.29, 1.82) is 0 Å². The number of carbonyl (C=O) groups excluding carboxylic acids is 1. The molecule has 0 saturated carbocycles. The zero-order valence-corrected chi connectivity index (χ0v) is 11.9. The lowest BCUT2D eigenvalue weighted by Crippen LogP contribution is -2.30. The van der Waals surface area contributed by atoms with Crippen molar-refractivity contribution in [1.82, 2.24) is 4.90 Å². The van der Waals surface area contributed by atoms with Gasteiger partial charge in [-0.2, -0.15) is 0 Å². The molecule has 1 aromatic carbocycles. The van der Waals surface area contributed by atoms with E-state index >= 15 is 0 Å². The monoisotopic (exact) mass is 265 g/mol. The first-order valence-electron chi connectivity index (χ1n) is 6.60. The minimum atomic E-state index is -0.376. The Bertz CT molecular complexity index is 387. The number of aliphatic hydroxyl groups is 1. The average molecular weight is 265 g/mol. The second-order valence-corrected chi connectivity index (χ2v) is 4.86. The molecule has 0 aliphatic rings. The molecule has 0 radical (unpaired) electrons. The predicted octanol–water partition coefficient (Wildman–Crippen LogP) is 1.99. The number of benzene rings is 1. The minimum Gasteiger partial charge on any atom is -0.493 e. The fraction of sp³-hybridized carbons (Fsp3) is 0.533. The van der Waals surface area contributed by atoms with Crippen molar-refractivity contribution in [2.45, 2.75) is 32.8 Å². The van der Waals surface area contributed by atoms with Crippen LogP contribution in [0.3, 0.4) is 0 Å². The smallest absolute Gasteiger partial charge is 0.225 e. The van der Waals surface area contributed by atoms with Gasteiger partial charge in [0.25, 0.3) is 0 Å². The summed E-state index contributed by atoms with van der Waals surface area (Å²) in [6, 6.07) is 7.76. The molecule has 106 valence electrons. The summed E-state index contributed by atoms with van der Waals surface area (Å²) in [4.78, 5) is 13.4. The number of hydrogen-bond acceptors (Lipinski definition) is 3. The molecule has 0 bridgehead atoms. The van der Waals surface area contributed by atoms with E-state index < -0.39 is 0 Å². The van der Waals surface area contributed by atoms with E-state index in [4.69, 9.17) is 9.84 Å². The Morgan fingerprint density at radius 1 is 1.37 bits per heavy atom. The maximum absolute atomic E-state index is 11.8. The summed E-state index contributed by atoms with van der Waals surface area (Å²) in [6.45, 7) is 4.69. The van der Waals surface area contributed by atoms with E-state index in [0.29, 0.717) is 26.0 Å². The molecule has 0 saturated heterocycles. The van der Waals surface area contributed by atoms with E-state index in [1.807, 2.05) is 31.2 Å². The molecule has 1 amide bonds. The Balaban J connectivity index is 2.24. The van der Waals surface area contributed by atoms with Crippen LogP contribution in [0.2, 0.25) is 0 Å². The number of ether oxygens (including phenoxy) is 1. The number of aliphatic hydroxyl groups excluding tert-OH is 1. The van der Waals surface area contributed by atoms with Crippen LogP contribution in [0.5, 0.6) is 5.75 Å². The van der Waals surface area contributed by atoms with Crippen molar-refractivity contribution >= 4 is 5.91 Å². The molecular weight excluding hydrogens is 242 g/mol. The molecule has 1 aromatic rings. The Labute approximate surface area is 115 Å². The van der Waals surface area contributed by atoms with Crippen molar-refractivity contribution in [2.24, 2.45) is 0 Å². The van der Waals surface area contributed by atoms with Crippen LogP contribution in [0.1, 0.15) is 25.3 Å². The number of rotatable bonds is 7. The molecule has 0 heterocycles. The SMILES string of the molecule is Cc1ccc(OCCC(=O)N(C)CCC(C)O)cc1. The molecule has 4 heteroatoms. The molecule has 0 spiro atoms. The lowest BCUT2D eigenvalue weighted by Gasteiger charge is -2.18. The van der Waals surface area contributed by atoms with Crippen molar-refractivity contribution in [3.05, 3.63) is 29.8 Å². The maximum Gasteiger partial charge on any atom is 0.225 e. The zero-order valence-electron chi connectivity index (χ0n) is 11.9. The first-order chi connectivity index (χ1) is 8.99. The van der Waals surface area contributed by atoms with E-state index in [0.717, 1.165) is 5.75 Å². The van der Waals surface area contributed by atoms with Gasteiger partial charge in [0.2, 0.25) is 5.91 Å². The highest BCUT2D eigenvalue weighted by Crippen LogP contribution is 2.11. The summed E-state index contributed by atoms with van der Waals surface area (Å²) in [6.07, 6.45) is 0.574. The van der Waals surface area contributed by atoms with E-state index in [2.05, 4.69) is 0 Å². The average Bonchev–Trinajstić information content (AvgIpc) is 2.38. The molecule has 0 aromatic heterocycles. The third-order valence-electron chi connectivity index (χ3n) is 2.91. The van der Waals surface area contributed by atoms with Gasteiger partial charge >= 0.3 is 0 Å². The molecule has 1 unspecified atom stereocenters. The summed E-state index contributed by atoms with van der Waals surface area (Å²) >= 11 is 0. The highest BCUT2D eigenvalue weighted by molar-refractivity contribution is 5.75. The molecule has 19 heavy (non-hydrogen) atoms. The van der Waals surface area contributed by atoms with Crippen LogP contribution in [-0.4, -0.2) is 42.2 Å². The highest BCUT2D eigenvalue weighted by Gasteiger charge is 2.09. The summed E-state index contributed by atoms with van der Waals surface area (Å²) < 4.78 is 5.51. The van der Waals surface area contributed by atoms with Crippen LogP contribution in [0.25, 0.3) is 0 Å². The topological polar surface area (TPSA) is 49.8 Å². The predicted molar refractivity (Wildman–Crippen MR) is 75.2 cm³/mol. The molecule has 1 rings (SSSR count). The Kier molecular flexibility index (Phi) is 6.36. The maximum atomic E-state index is 11.8. The Hall–Kier alpha value is -1.55. The van der Waals surface area contributed by atoms with Crippen molar-refractivity contribution in [3.63, 3.8) is 0 Å². The molecule has 4 nitrogen and oxygen atoms in total. The third-order valence-corrected chi connectivity index (χ3v) is 2.91. The van der Waals surface area contributed by atoms with Crippen LogP contribution in [0, 0.1) is 6.92 Å². The number of hydrogen-bond donors (Lipinski definition) is 1. The highest BCUT2D eigenvalue weighted by atomic mass is 16.5. The summed E-state index contributed by atoms with van der Waals surface area (Å²) in [5.74, 6) is 0.817. The van der Waals surface area contributed by atoms with Gasteiger partial charge in [0, 0.05) is 13.6 Å². The molecule has 0 fully saturated rings. The van der Waals surface area contributed by atoms with E-state index in [-0.39, 0.29) is 12.0 Å². The van der Waals surface area contributed by atoms with Gasteiger partial charge in [-0.15, -0.1) is 0 Å². The third kappa shape index (κ3) is 6.25. The second-order valence-electron chi connectivity index (χ2n) is 4.86. The van der Waals surface area contributed by atoms with Gasteiger partial charge in [-0.1, -0.05) is 17.7 Å². The van der Waals surface area contributed by atoms with Crippen molar-refractivity contribution in [2.75, 3.05) is 20.2 Å². The Morgan fingerprint density at radius 3 is 2.58 bits per heavy atom. The summed E-state index contributed by atoms with van der Waals surface area (Å²) in [5, 5.41) is 9.17. The van der Waals surface area contributed by atoms with Crippen molar-refractivity contribution < 1.29 is 14.6 Å². The van der Waals surface area contributed by atoms with Crippen molar-refractivity contribution in [3.8, 4) is 5.75 Å². The molecule has 1 N–H and O–H groups in total. The zero-order chi connectivity index (χ0) is 14.3. The van der Waals surface area contributed by atoms with Gasteiger partial charge in [0.05, 0.1) is 19.1 Å². The van der Waals surface area contributed by atoms with Gasteiger partial charge in [0.1, 0.15) is 5.75 Å². The quantitative estimate of drug-likeness (QED) is 0.820. The van der Waals surface area contributed by atoms with Crippen LogP contribution in [-0.2, 0) is 4.79 Å². The van der Waals surface area contributed by atoms with Crippen LogP contribution in [0.15, 0.2) is 24.3 Å². The normalized spacial score (nSPS) is 12.0. The number of aryl methyl sites for hydroxylation is 1. The first kappa shape index (κ1) is 15.5. The number of carbonyl (C=O) groups is 1. The van der Waals surface area contributed by atoms with Gasteiger partial charge in [-0.25, -0.2) is 0 Å². The number of nitrogens with zero attached hydrogens (tertiary/aromatic N) is 1.